The molecule has 1 saturated heterocycles. The summed E-state index contributed by atoms with van der Waals surface area (Å²) in [6.07, 6.45) is 5.30. The maximum Gasteiger partial charge on any atom is 0.214 e. The molecule has 0 amide bonds. The maximum atomic E-state index is 12.0. The van der Waals surface area contributed by atoms with Crippen LogP contribution >= 0.6 is 0 Å². The van der Waals surface area contributed by atoms with Crippen LogP contribution in [0.25, 0.3) is 0 Å². The summed E-state index contributed by atoms with van der Waals surface area (Å²) in [4.78, 5) is 11.9. The number of nitrogens with zero attached hydrogens (tertiary/aromatic N) is 1. The van der Waals surface area contributed by atoms with Crippen molar-refractivity contribution in [2.75, 3.05) is 12.3 Å². The summed E-state index contributed by atoms with van der Waals surface area (Å²) in [5, 5.41) is 0. The van der Waals surface area contributed by atoms with Crippen LogP contribution in [0.1, 0.15) is 45.4 Å². The van der Waals surface area contributed by atoms with Gasteiger partial charge in [-0.3, -0.25) is 4.79 Å². The van der Waals surface area contributed by atoms with E-state index in [4.69, 9.17) is 0 Å². The molecule has 2 rings (SSSR count). The average Bonchev–Trinajstić information content (AvgIpc) is 2.79. The van der Waals surface area contributed by atoms with Crippen molar-refractivity contribution in [1.29, 1.82) is 0 Å². The quantitative estimate of drug-likeness (QED) is 0.773. The monoisotopic (exact) mass is 259 g/mol. The zero-order chi connectivity index (χ0) is 12.5. The molecule has 4 nitrogen and oxygen atoms in total. The number of hydrogen-bond donors (Lipinski definition) is 0. The summed E-state index contributed by atoms with van der Waals surface area (Å²) in [6.45, 7) is 2.28. The molecule has 2 aliphatic rings. The normalized spacial score (nSPS) is 31.9. The molecule has 1 saturated carbocycles. The third-order valence-corrected chi connectivity index (χ3v) is 5.93. The van der Waals surface area contributed by atoms with Gasteiger partial charge in [0, 0.05) is 24.9 Å². The molecule has 0 N–H and O–H groups in total. The SMILES string of the molecule is CCS(=O)(=O)N1CCCC1C1CCCCC1=O. The minimum atomic E-state index is -3.14. The van der Waals surface area contributed by atoms with Crippen LogP contribution in [-0.2, 0) is 14.8 Å². The fourth-order valence-electron chi connectivity index (χ4n) is 3.10. The molecule has 5 heteroatoms. The molecule has 2 fully saturated rings. The van der Waals surface area contributed by atoms with Crippen LogP contribution in [0.4, 0.5) is 0 Å². The van der Waals surface area contributed by atoms with Gasteiger partial charge in [-0.15, -0.1) is 0 Å². The van der Waals surface area contributed by atoms with Gasteiger partial charge in [0.15, 0.2) is 0 Å². The summed E-state index contributed by atoms with van der Waals surface area (Å²) in [5.41, 5.74) is 0. The van der Waals surface area contributed by atoms with Crippen molar-refractivity contribution < 1.29 is 13.2 Å². The molecule has 0 spiro atoms. The van der Waals surface area contributed by atoms with Crippen LogP contribution in [0, 0.1) is 5.92 Å². The Balaban J connectivity index is 2.17. The Labute approximate surface area is 103 Å². The zero-order valence-corrected chi connectivity index (χ0v) is 11.2. The van der Waals surface area contributed by atoms with Crippen molar-refractivity contribution in [2.45, 2.75) is 51.5 Å². The molecule has 98 valence electrons. The lowest BCUT2D eigenvalue weighted by Gasteiger charge is -2.32. The summed E-state index contributed by atoms with van der Waals surface area (Å²) < 4.78 is 25.5. The van der Waals surface area contributed by atoms with Crippen LogP contribution in [0.2, 0.25) is 0 Å². The topological polar surface area (TPSA) is 54.5 Å². The van der Waals surface area contributed by atoms with Gasteiger partial charge in [0.2, 0.25) is 10.0 Å². The van der Waals surface area contributed by atoms with E-state index in [1.54, 1.807) is 11.2 Å². The van der Waals surface area contributed by atoms with E-state index in [0.717, 1.165) is 32.1 Å². The Bertz CT molecular complexity index is 391. The second-order valence-electron chi connectivity index (χ2n) is 5.04. The summed E-state index contributed by atoms with van der Waals surface area (Å²) in [6, 6.07) is -0.0484. The largest absolute Gasteiger partial charge is 0.299 e. The van der Waals surface area contributed by atoms with E-state index in [1.165, 1.54) is 0 Å². The number of hydrogen-bond acceptors (Lipinski definition) is 3. The first-order chi connectivity index (χ1) is 8.06. The van der Waals surface area contributed by atoms with Gasteiger partial charge < -0.3 is 0 Å². The van der Waals surface area contributed by atoms with E-state index in [-0.39, 0.29) is 23.5 Å². The van der Waals surface area contributed by atoms with Gasteiger partial charge in [0.05, 0.1) is 5.75 Å². The van der Waals surface area contributed by atoms with Crippen LogP contribution in [0.3, 0.4) is 0 Å². The number of carbonyl (C=O) groups excluding carboxylic acids is 1. The molecular formula is C12H21NO3S. The van der Waals surface area contributed by atoms with Crippen molar-refractivity contribution in [3.8, 4) is 0 Å². The fraction of sp³-hybridized carbons (Fsp3) is 0.917. The third kappa shape index (κ3) is 2.55. The molecule has 0 aromatic carbocycles. The Morgan fingerprint density at radius 1 is 1.24 bits per heavy atom. The van der Waals surface area contributed by atoms with Crippen LogP contribution < -0.4 is 0 Å². The van der Waals surface area contributed by atoms with Crippen molar-refractivity contribution in [3.63, 3.8) is 0 Å². The summed E-state index contributed by atoms with van der Waals surface area (Å²) >= 11 is 0. The molecule has 2 atom stereocenters. The zero-order valence-electron chi connectivity index (χ0n) is 10.4. The lowest BCUT2D eigenvalue weighted by atomic mass is 9.82. The minimum Gasteiger partial charge on any atom is -0.299 e. The first kappa shape index (κ1) is 13.0. The average molecular weight is 259 g/mol. The Kier molecular flexibility index (Phi) is 3.88. The highest BCUT2D eigenvalue weighted by Gasteiger charge is 2.41. The maximum absolute atomic E-state index is 12.0. The second kappa shape index (κ2) is 5.06. The highest BCUT2D eigenvalue weighted by molar-refractivity contribution is 7.89. The van der Waals surface area contributed by atoms with Gasteiger partial charge in [0.25, 0.3) is 0 Å². The van der Waals surface area contributed by atoms with Crippen molar-refractivity contribution in [2.24, 2.45) is 5.92 Å². The predicted molar refractivity (Wildman–Crippen MR) is 66.2 cm³/mol. The molecular weight excluding hydrogens is 238 g/mol. The van der Waals surface area contributed by atoms with E-state index in [2.05, 4.69) is 0 Å². The van der Waals surface area contributed by atoms with Gasteiger partial charge in [-0.2, -0.15) is 4.31 Å². The molecule has 0 aromatic heterocycles. The second-order valence-corrected chi connectivity index (χ2v) is 7.25. The molecule has 0 aromatic rings. The highest BCUT2D eigenvalue weighted by Crippen LogP contribution is 2.33. The van der Waals surface area contributed by atoms with Gasteiger partial charge in [-0.1, -0.05) is 6.42 Å². The number of carbonyl (C=O) groups is 1. The molecule has 1 aliphatic carbocycles. The Hall–Kier alpha value is -0.420. The Morgan fingerprint density at radius 2 is 2.00 bits per heavy atom. The number of ketones is 1. The molecule has 1 aliphatic heterocycles. The number of sulfonamides is 1. The van der Waals surface area contributed by atoms with Crippen LogP contribution in [0.5, 0.6) is 0 Å². The molecule has 2 unspecified atom stereocenters. The highest BCUT2D eigenvalue weighted by atomic mass is 32.2. The van der Waals surface area contributed by atoms with Gasteiger partial charge >= 0.3 is 0 Å². The van der Waals surface area contributed by atoms with E-state index in [1.807, 2.05) is 0 Å². The fourth-order valence-corrected chi connectivity index (χ4v) is 4.50. The molecule has 0 radical (unpaired) electrons. The number of Topliss-reactive ketones (excluding diaryl/α,β-unsaturated/α-hetero) is 1. The van der Waals surface area contributed by atoms with Crippen LogP contribution in [0.15, 0.2) is 0 Å². The first-order valence-electron chi connectivity index (χ1n) is 6.58. The van der Waals surface area contributed by atoms with E-state index in [0.29, 0.717) is 13.0 Å². The molecule has 1 heterocycles. The predicted octanol–water partition coefficient (Wildman–Crippen LogP) is 1.56. The lowest BCUT2D eigenvalue weighted by Crippen LogP contribution is -2.44. The molecule has 17 heavy (non-hydrogen) atoms. The van der Waals surface area contributed by atoms with Crippen LogP contribution in [-0.4, -0.2) is 36.8 Å². The number of rotatable bonds is 3. The van der Waals surface area contributed by atoms with E-state index >= 15 is 0 Å². The van der Waals surface area contributed by atoms with Gasteiger partial charge in [-0.25, -0.2) is 8.42 Å². The Morgan fingerprint density at radius 3 is 2.65 bits per heavy atom. The smallest absolute Gasteiger partial charge is 0.214 e. The minimum absolute atomic E-state index is 0.0347. The van der Waals surface area contributed by atoms with E-state index < -0.39 is 10.0 Å². The van der Waals surface area contributed by atoms with Crippen molar-refractivity contribution >= 4 is 15.8 Å². The van der Waals surface area contributed by atoms with Crippen molar-refractivity contribution in [3.05, 3.63) is 0 Å². The van der Waals surface area contributed by atoms with E-state index in [9.17, 15) is 13.2 Å². The summed E-state index contributed by atoms with van der Waals surface area (Å²) in [7, 11) is -3.14. The first-order valence-corrected chi connectivity index (χ1v) is 8.19. The lowest BCUT2D eigenvalue weighted by molar-refractivity contribution is -0.126. The van der Waals surface area contributed by atoms with Crippen molar-refractivity contribution in [1.82, 2.24) is 4.31 Å². The standard InChI is InChI=1S/C12H21NO3S/c1-2-17(15,16)13-9-5-7-11(13)10-6-3-4-8-12(10)14/h10-11H,2-9H2,1H3. The third-order valence-electron chi connectivity index (χ3n) is 4.04. The summed E-state index contributed by atoms with van der Waals surface area (Å²) in [5.74, 6) is 0.386. The molecule has 0 bridgehead atoms. The van der Waals surface area contributed by atoms with Gasteiger partial charge in [0.1, 0.15) is 5.78 Å². The van der Waals surface area contributed by atoms with Gasteiger partial charge in [-0.05, 0) is 32.6 Å².